The highest BCUT2D eigenvalue weighted by Crippen LogP contribution is 2.32. The minimum atomic E-state index is -1.07. The molecule has 7 nitrogen and oxygen atoms in total. The van der Waals surface area contributed by atoms with Crippen LogP contribution in [0.3, 0.4) is 0 Å². The zero-order valence-corrected chi connectivity index (χ0v) is 13.0. The average molecular weight is 327 g/mol. The highest BCUT2D eigenvalue weighted by Gasteiger charge is 2.34. The van der Waals surface area contributed by atoms with Crippen LogP contribution in [0.1, 0.15) is 23.6 Å². The molecule has 1 unspecified atom stereocenters. The van der Waals surface area contributed by atoms with E-state index < -0.39 is 12.0 Å². The molecule has 0 bridgehead atoms. The molecule has 1 aliphatic rings. The maximum absolute atomic E-state index is 12.6. The number of hydrogen-bond donors (Lipinski definition) is 1. The van der Waals surface area contributed by atoms with E-state index in [-0.39, 0.29) is 25.5 Å². The second-order valence-electron chi connectivity index (χ2n) is 5.46. The van der Waals surface area contributed by atoms with Crippen molar-refractivity contribution >= 4 is 11.9 Å². The number of fused-ring (bicyclic) bond motifs is 1. The van der Waals surface area contributed by atoms with Crippen molar-refractivity contribution in [2.45, 2.75) is 18.9 Å². The van der Waals surface area contributed by atoms with Crippen molar-refractivity contribution in [2.75, 3.05) is 13.2 Å². The number of benzene rings is 1. The third kappa shape index (κ3) is 3.34. The van der Waals surface area contributed by atoms with Crippen LogP contribution in [0.25, 0.3) is 0 Å². The molecule has 1 atom stereocenters. The van der Waals surface area contributed by atoms with Crippen LogP contribution >= 0.6 is 0 Å². The number of hydrogen-bond acceptors (Lipinski definition) is 5. The van der Waals surface area contributed by atoms with E-state index in [1.807, 2.05) is 0 Å². The molecule has 1 N–H and O–H groups in total. The van der Waals surface area contributed by atoms with Gasteiger partial charge in [-0.3, -0.25) is 4.79 Å². The van der Waals surface area contributed by atoms with Crippen molar-refractivity contribution in [3.63, 3.8) is 0 Å². The van der Waals surface area contributed by atoms with E-state index in [2.05, 4.69) is 9.97 Å². The number of aliphatic carboxylic acids is 1. The molecule has 0 aliphatic carbocycles. The molecule has 124 valence electrons. The average Bonchev–Trinajstić information content (AvgIpc) is 2.80. The SMILES string of the molecule is O=C(O)C1c2ccccc2OCCN1C(=O)CCc1cncnc1. The molecule has 0 radical (unpaired) electrons. The zero-order valence-electron chi connectivity index (χ0n) is 13.0. The fourth-order valence-corrected chi connectivity index (χ4v) is 2.78. The van der Waals surface area contributed by atoms with Crippen LogP contribution < -0.4 is 4.74 Å². The van der Waals surface area contributed by atoms with Gasteiger partial charge >= 0.3 is 5.97 Å². The van der Waals surface area contributed by atoms with Gasteiger partial charge in [-0.1, -0.05) is 18.2 Å². The number of nitrogens with zero attached hydrogens (tertiary/aromatic N) is 3. The van der Waals surface area contributed by atoms with E-state index in [0.717, 1.165) is 5.56 Å². The van der Waals surface area contributed by atoms with Crippen molar-refractivity contribution in [1.82, 2.24) is 14.9 Å². The standard InChI is InChI=1S/C17H17N3O4/c21-15(6-5-12-9-18-11-19-10-12)20-7-8-24-14-4-2-1-3-13(14)16(20)17(22)23/h1-4,9-11,16H,5-8H2,(H,22,23). The molecule has 2 aromatic rings. The molecule has 1 aliphatic heterocycles. The molecule has 1 aromatic carbocycles. The Balaban J connectivity index is 1.80. The van der Waals surface area contributed by atoms with Gasteiger partial charge in [0.15, 0.2) is 6.04 Å². The highest BCUT2D eigenvalue weighted by atomic mass is 16.5. The first kappa shape index (κ1) is 15.9. The monoisotopic (exact) mass is 327 g/mol. The number of aromatic nitrogens is 2. The number of para-hydroxylation sites is 1. The smallest absolute Gasteiger partial charge is 0.331 e. The number of carboxylic acids is 1. The maximum Gasteiger partial charge on any atom is 0.331 e. The predicted octanol–water partition coefficient (Wildman–Crippen LogP) is 1.46. The van der Waals surface area contributed by atoms with E-state index in [0.29, 0.717) is 17.7 Å². The van der Waals surface area contributed by atoms with Crippen molar-refractivity contribution in [1.29, 1.82) is 0 Å². The molecule has 24 heavy (non-hydrogen) atoms. The van der Waals surface area contributed by atoms with Gasteiger partial charge in [-0.15, -0.1) is 0 Å². The van der Waals surface area contributed by atoms with Gasteiger partial charge < -0.3 is 14.7 Å². The Morgan fingerprint density at radius 3 is 2.75 bits per heavy atom. The summed E-state index contributed by atoms with van der Waals surface area (Å²) < 4.78 is 5.59. The van der Waals surface area contributed by atoms with Gasteiger partial charge in [-0.05, 0) is 18.1 Å². The Labute approximate surface area is 138 Å². The van der Waals surface area contributed by atoms with E-state index in [1.54, 1.807) is 36.7 Å². The zero-order chi connectivity index (χ0) is 16.9. The van der Waals surface area contributed by atoms with Crippen molar-refractivity contribution in [3.05, 3.63) is 54.1 Å². The number of amides is 1. The summed E-state index contributed by atoms with van der Waals surface area (Å²) >= 11 is 0. The summed E-state index contributed by atoms with van der Waals surface area (Å²) in [6.07, 6.45) is 5.38. The molecule has 1 aromatic heterocycles. The number of rotatable bonds is 4. The molecule has 0 spiro atoms. The second kappa shape index (κ2) is 7.08. The van der Waals surface area contributed by atoms with Crippen LogP contribution in [0.15, 0.2) is 43.0 Å². The lowest BCUT2D eigenvalue weighted by atomic mass is 10.0. The lowest BCUT2D eigenvalue weighted by Gasteiger charge is -2.27. The van der Waals surface area contributed by atoms with Crippen LogP contribution in [-0.2, 0) is 16.0 Å². The summed E-state index contributed by atoms with van der Waals surface area (Å²) in [5.41, 5.74) is 1.34. The molecule has 0 fully saturated rings. The Kier molecular flexibility index (Phi) is 4.69. The molecule has 2 heterocycles. The van der Waals surface area contributed by atoms with Gasteiger partial charge in [0.05, 0.1) is 6.54 Å². The van der Waals surface area contributed by atoms with E-state index in [1.165, 1.54) is 11.2 Å². The Bertz CT molecular complexity index is 736. The summed E-state index contributed by atoms with van der Waals surface area (Å²) in [6.45, 7) is 0.497. The van der Waals surface area contributed by atoms with Crippen LogP contribution in [0, 0.1) is 0 Å². The quantitative estimate of drug-likeness (QED) is 0.914. The Morgan fingerprint density at radius 2 is 2.00 bits per heavy atom. The topological polar surface area (TPSA) is 92.6 Å². The maximum atomic E-state index is 12.6. The molecule has 0 saturated heterocycles. The van der Waals surface area contributed by atoms with Gasteiger partial charge in [0.2, 0.25) is 5.91 Å². The molecule has 7 heteroatoms. The number of ether oxygens (including phenoxy) is 1. The summed E-state index contributed by atoms with van der Waals surface area (Å²) in [5, 5.41) is 9.65. The van der Waals surface area contributed by atoms with E-state index in [4.69, 9.17) is 4.74 Å². The van der Waals surface area contributed by atoms with Gasteiger partial charge in [-0.25, -0.2) is 14.8 Å². The fraction of sp³-hybridized carbons (Fsp3) is 0.294. The van der Waals surface area contributed by atoms with Crippen LogP contribution in [0.5, 0.6) is 5.75 Å². The summed E-state index contributed by atoms with van der Waals surface area (Å²) in [7, 11) is 0. The minimum Gasteiger partial charge on any atom is -0.491 e. The third-order valence-electron chi connectivity index (χ3n) is 3.91. The van der Waals surface area contributed by atoms with Gasteiger partial charge in [0.25, 0.3) is 0 Å². The largest absolute Gasteiger partial charge is 0.491 e. The van der Waals surface area contributed by atoms with Crippen LogP contribution in [0.2, 0.25) is 0 Å². The summed E-state index contributed by atoms with van der Waals surface area (Å²) in [4.78, 5) is 33.6. The lowest BCUT2D eigenvalue weighted by Crippen LogP contribution is -2.40. The first-order valence-corrected chi connectivity index (χ1v) is 7.64. The highest BCUT2D eigenvalue weighted by molar-refractivity contribution is 5.85. The van der Waals surface area contributed by atoms with Gasteiger partial charge in [-0.2, -0.15) is 0 Å². The molecular formula is C17H17N3O4. The van der Waals surface area contributed by atoms with Crippen molar-refractivity contribution in [2.24, 2.45) is 0 Å². The normalized spacial score (nSPS) is 16.7. The number of carbonyl (C=O) groups is 2. The minimum absolute atomic E-state index is 0.194. The third-order valence-corrected chi connectivity index (χ3v) is 3.91. The van der Waals surface area contributed by atoms with Gasteiger partial charge in [0, 0.05) is 24.4 Å². The van der Waals surface area contributed by atoms with E-state index >= 15 is 0 Å². The van der Waals surface area contributed by atoms with Crippen LogP contribution in [0.4, 0.5) is 0 Å². The number of carbonyl (C=O) groups excluding carboxylic acids is 1. The Morgan fingerprint density at radius 1 is 1.25 bits per heavy atom. The van der Waals surface area contributed by atoms with Crippen molar-refractivity contribution < 1.29 is 19.4 Å². The molecule has 1 amide bonds. The Hall–Kier alpha value is -2.96. The number of aryl methyl sites for hydroxylation is 1. The lowest BCUT2D eigenvalue weighted by molar-refractivity contribution is -0.150. The van der Waals surface area contributed by atoms with Crippen molar-refractivity contribution in [3.8, 4) is 5.75 Å². The summed E-state index contributed by atoms with van der Waals surface area (Å²) in [6, 6.07) is 5.90. The van der Waals surface area contributed by atoms with E-state index in [9.17, 15) is 14.7 Å². The molecular weight excluding hydrogens is 310 g/mol. The number of carboxylic acid groups (broad SMARTS) is 1. The predicted molar refractivity (Wildman–Crippen MR) is 84.4 cm³/mol. The van der Waals surface area contributed by atoms with Crippen LogP contribution in [-0.4, -0.2) is 45.0 Å². The first-order chi connectivity index (χ1) is 11.7. The van der Waals surface area contributed by atoms with Gasteiger partial charge in [0.1, 0.15) is 18.7 Å². The fourth-order valence-electron chi connectivity index (χ4n) is 2.78. The molecule has 0 saturated carbocycles. The second-order valence-corrected chi connectivity index (χ2v) is 5.46. The summed E-state index contributed by atoms with van der Waals surface area (Å²) in [5.74, 6) is -0.785. The molecule has 3 rings (SSSR count). The first-order valence-electron chi connectivity index (χ1n) is 7.64.